The van der Waals surface area contributed by atoms with Crippen LogP contribution in [-0.4, -0.2) is 34.9 Å². The zero-order valence-electron chi connectivity index (χ0n) is 38.6. The smallest absolute Gasteiger partial charge is 0.220 e. The second kappa shape index (κ2) is 49.0. The first kappa shape index (κ1) is 55.6. The Kier molecular flexibility index (Phi) is 47.8. The fourth-order valence-corrected chi connectivity index (χ4v) is 7.99. The SMILES string of the molecule is CC/C=C/CC/C=C/CC/C=C/C(O)C(CO)NC(=O)CCCCCCCCCCCCCCCCCCCCCCCCCCCCCCCCCCCCC. The van der Waals surface area contributed by atoms with E-state index in [1.807, 2.05) is 6.08 Å². The lowest BCUT2D eigenvalue weighted by Crippen LogP contribution is -2.45. The predicted molar refractivity (Wildman–Crippen MR) is 253 cm³/mol. The molecule has 2 atom stereocenters. The summed E-state index contributed by atoms with van der Waals surface area (Å²) in [7, 11) is 0. The van der Waals surface area contributed by atoms with Crippen LogP contribution in [0.2, 0.25) is 0 Å². The molecule has 1 amide bonds. The normalized spacial score (nSPS) is 13.1. The summed E-state index contributed by atoms with van der Waals surface area (Å²) in [6.45, 7) is 4.19. The molecule has 4 nitrogen and oxygen atoms in total. The fourth-order valence-electron chi connectivity index (χ4n) is 7.99. The van der Waals surface area contributed by atoms with Crippen LogP contribution in [0.1, 0.15) is 277 Å². The maximum atomic E-state index is 12.4. The Morgan fingerprint density at radius 2 is 0.702 bits per heavy atom. The molecule has 0 aliphatic heterocycles. The number of carbonyl (C=O) groups is 1. The average molecular weight is 800 g/mol. The zero-order valence-corrected chi connectivity index (χ0v) is 38.6. The van der Waals surface area contributed by atoms with Gasteiger partial charge < -0.3 is 15.5 Å². The lowest BCUT2D eigenvalue weighted by molar-refractivity contribution is -0.123. The third-order valence-electron chi connectivity index (χ3n) is 11.9. The van der Waals surface area contributed by atoms with Gasteiger partial charge >= 0.3 is 0 Å². The highest BCUT2D eigenvalue weighted by molar-refractivity contribution is 5.76. The predicted octanol–water partition coefficient (Wildman–Crippen LogP) is 16.5. The molecule has 336 valence electrons. The minimum absolute atomic E-state index is 0.0763. The minimum Gasteiger partial charge on any atom is -0.394 e. The number of rotatable bonds is 47. The highest BCUT2D eigenvalue weighted by atomic mass is 16.3. The van der Waals surface area contributed by atoms with Gasteiger partial charge in [0, 0.05) is 6.42 Å². The molecule has 0 spiro atoms. The van der Waals surface area contributed by atoms with Crippen molar-refractivity contribution >= 4 is 5.91 Å². The van der Waals surface area contributed by atoms with Gasteiger partial charge in [0.25, 0.3) is 0 Å². The molecule has 0 aliphatic rings. The van der Waals surface area contributed by atoms with Crippen LogP contribution in [0.15, 0.2) is 36.5 Å². The zero-order chi connectivity index (χ0) is 41.4. The summed E-state index contributed by atoms with van der Waals surface area (Å²) in [5, 5.41) is 22.9. The molecule has 0 fully saturated rings. The third kappa shape index (κ3) is 45.5. The van der Waals surface area contributed by atoms with Crippen molar-refractivity contribution in [2.45, 2.75) is 289 Å². The van der Waals surface area contributed by atoms with Gasteiger partial charge in [-0.15, -0.1) is 0 Å². The third-order valence-corrected chi connectivity index (χ3v) is 11.9. The Morgan fingerprint density at radius 1 is 0.421 bits per heavy atom. The van der Waals surface area contributed by atoms with Crippen molar-refractivity contribution in [2.75, 3.05) is 6.61 Å². The highest BCUT2D eigenvalue weighted by Crippen LogP contribution is 2.17. The van der Waals surface area contributed by atoms with Crippen molar-refractivity contribution in [3.05, 3.63) is 36.5 Å². The van der Waals surface area contributed by atoms with Gasteiger partial charge in [0.1, 0.15) is 0 Å². The Balaban J connectivity index is 3.36. The summed E-state index contributed by atoms with van der Waals surface area (Å²) in [5.74, 6) is -0.0763. The van der Waals surface area contributed by atoms with Gasteiger partial charge in [0.2, 0.25) is 5.91 Å². The number of nitrogens with one attached hydrogen (secondary N) is 1. The van der Waals surface area contributed by atoms with Gasteiger partial charge in [-0.1, -0.05) is 269 Å². The van der Waals surface area contributed by atoms with Crippen molar-refractivity contribution in [3.8, 4) is 0 Å². The number of unbranched alkanes of at least 4 members (excludes halogenated alkanes) is 36. The molecule has 0 heterocycles. The minimum atomic E-state index is -0.866. The first-order chi connectivity index (χ1) is 28.2. The van der Waals surface area contributed by atoms with E-state index in [9.17, 15) is 15.0 Å². The van der Waals surface area contributed by atoms with E-state index in [2.05, 4.69) is 43.5 Å². The number of carbonyl (C=O) groups excluding carboxylic acids is 1. The molecule has 0 rings (SSSR count). The second-order valence-electron chi connectivity index (χ2n) is 17.6. The first-order valence-electron chi connectivity index (χ1n) is 25.7. The lowest BCUT2D eigenvalue weighted by atomic mass is 10.0. The molecule has 4 heteroatoms. The molecule has 0 aromatic heterocycles. The monoisotopic (exact) mass is 800 g/mol. The number of aliphatic hydroxyl groups is 2. The van der Waals surface area contributed by atoms with Crippen LogP contribution < -0.4 is 5.32 Å². The van der Waals surface area contributed by atoms with Gasteiger partial charge in [0.05, 0.1) is 18.8 Å². The van der Waals surface area contributed by atoms with E-state index in [-0.39, 0.29) is 12.5 Å². The van der Waals surface area contributed by atoms with Gasteiger partial charge in [-0.3, -0.25) is 4.79 Å². The number of amides is 1. The van der Waals surface area contributed by atoms with E-state index in [4.69, 9.17) is 0 Å². The Bertz CT molecular complexity index is 866. The summed E-state index contributed by atoms with van der Waals surface area (Å²) in [6, 6.07) is -0.641. The number of hydrogen-bond acceptors (Lipinski definition) is 3. The summed E-state index contributed by atoms with van der Waals surface area (Å²) in [5.41, 5.74) is 0. The first-order valence-corrected chi connectivity index (χ1v) is 25.7. The maximum absolute atomic E-state index is 12.4. The van der Waals surface area contributed by atoms with Crippen LogP contribution in [0, 0.1) is 0 Å². The molecule has 0 aromatic carbocycles. The van der Waals surface area contributed by atoms with Crippen LogP contribution >= 0.6 is 0 Å². The van der Waals surface area contributed by atoms with Gasteiger partial charge in [0.15, 0.2) is 0 Å². The van der Waals surface area contributed by atoms with Crippen LogP contribution in [0.4, 0.5) is 0 Å². The van der Waals surface area contributed by atoms with Crippen molar-refractivity contribution in [1.82, 2.24) is 5.32 Å². The van der Waals surface area contributed by atoms with Crippen molar-refractivity contribution in [3.63, 3.8) is 0 Å². The fraction of sp³-hybridized carbons (Fsp3) is 0.868. The summed E-state index contributed by atoms with van der Waals surface area (Å²) < 4.78 is 0. The Morgan fingerprint density at radius 3 is 1.00 bits per heavy atom. The quantitative estimate of drug-likeness (QED) is 0.0424. The molecular formula is C53H101NO3. The molecule has 57 heavy (non-hydrogen) atoms. The largest absolute Gasteiger partial charge is 0.394 e. The molecule has 0 radical (unpaired) electrons. The van der Waals surface area contributed by atoms with Crippen molar-refractivity contribution in [1.29, 1.82) is 0 Å². The van der Waals surface area contributed by atoms with E-state index in [1.165, 1.54) is 212 Å². The average Bonchev–Trinajstić information content (AvgIpc) is 3.22. The Hall–Kier alpha value is -1.39. The number of aliphatic hydroxyl groups excluding tert-OH is 2. The molecule has 0 bridgehead atoms. The molecule has 0 saturated carbocycles. The van der Waals surface area contributed by atoms with E-state index < -0.39 is 12.1 Å². The van der Waals surface area contributed by atoms with E-state index in [0.717, 1.165) is 44.9 Å². The van der Waals surface area contributed by atoms with Crippen LogP contribution in [0.25, 0.3) is 0 Å². The van der Waals surface area contributed by atoms with E-state index >= 15 is 0 Å². The summed E-state index contributed by atoms with van der Waals surface area (Å²) in [6.07, 6.45) is 66.1. The van der Waals surface area contributed by atoms with Crippen molar-refractivity contribution in [2.24, 2.45) is 0 Å². The maximum Gasteiger partial charge on any atom is 0.220 e. The lowest BCUT2D eigenvalue weighted by Gasteiger charge is -2.19. The molecular weight excluding hydrogens is 699 g/mol. The highest BCUT2D eigenvalue weighted by Gasteiger charge is 2.17. The standard InChI is InChI=1S/C53H101NO3/c1-3-5-7-9-11-13-15-16-17-18-19-20-21-22-23-24-25-26-27-28-29-30-31-32-33-34-35-36-37-38-39-41-43-45-47-49-53(57)54-51(50-55)52(56)48-46-44-42-40-14-12-10-8-6-4-2/h6,8,14,40,46,48,51-52,55-56H,3-5,7,9-13,15-39,41-45,47,49-50H2,1-2H3,(H,54,57)/b8-6+,40-14+,48-46+. The van der Waals surface area contributed by atoms with E-state index in [1.54, 1.807) is 6.08 Å². The van der Waals surface area contributed by atoms with E-state index in [0.29, 0.717) is 6.42 Å². The number of hydrogen-bond donors (Lipinski definition) is 3. The second-order valence-corrected chi connectivity index (χ2v) is 17.6. The topological polar surface area (TPSA) is 69.6 Å². The van der Waals surface area contributed by atoms with Crippen LogP contribution in [-0.2, 0) is 4.79 Å². The molecule has 0 saturated heterocycles. The van der Waals surface area contributed by atoms with Crippen LogP contribution in [0.5, 0.6) is 0 Å². The molecule has 3 N–H and O–H groups in total. The molecule has 2 unspecified atom stereocenters. The Labute approximate surface area is 357 Å². The summed E-state index contributed by atoms with van der Waals surface area (Å²) >= 11 is 0. The summed E-state index contributed by atoms with van der Waals surface area (Å²) in [4.78, 5) is 12.4. The molecule has 0 aliphatic carbocycles. The van der Waals surface area contributed by atoms with Crippen molar-refractivity contribution < 1.29 is 15.0 Å². The number of allylic oxidation sites excluding steroid dienone is 5. The van der Waals surface area contributed by atoms with Gasteiger partial charge in [-0.25, -0.2) is 0 Å². The molecule has 0 aromatic rings. The van der Waals surface area contributed by atoms with Crippen LogP contribution in [0.3, 0.4) is 0 Å². The van der Waals surface area contributed by atoms with Gasteiger partial charge in [-0.05, 0) is 38.5 Å². The van der Waals surface area contributed by atoms with Gasteiger partial charge in [-0.2, -0.15) is 0 Å².